The number of hydrogen-bond acceptors (Lipinski definition) is 6. The fourth-order valence-electron chi connectivity index (χ4n) is 8.24. The lowest BCUT2D eigenvalue weighted by atomic mass is 9.59. The number of hydrogen-bond donors (Lipinski definition) is 1. The highest BCUT2D eigenvalue weighted by molar-refractivity contribution is 6.76. The third-order valence-corrected chi connectivity index (χ3v) is 25.0. The number of carbonyl (C=O) groups excluding carboxylic acids is 2. The van der Waals surface area contributed by atoms with Gasteiger partial charge in [0.2, 0.25) is 0 Å². The van der Waals surface area contributed by atoms with Crippen LogP contribution in [-0.4, -0.2) is 74.7 Å². The summed E-state index contributed by atoms with van der Waals surface area (Å²) in [6.45, 7) is 40.6. The summed E-state index contributed by atoms with van der Waals surface area (Å²) in [5, 5.41) is 3.19. The number of allylic oxidation sites excluding steroid dienone is 3. The summed E-state index contributed by atoms with van der Waals surface area (Å²) in [5.41, 5.74) is 4.49. The maximum atomic E-state index is 15.1. The van der Waals surface area contributed by atoms with Crippen LogP contribution in [0.4, 0.5) is 4.79 Å². The molecule has 2 heterocycles. The number of carbonyl (C=O) groups is 2. The zero-order valence-corrected chi connectivity index (χ0v) is 42.2. The lowest BCUT2D eigenvalue weighted by Crippen LogP contribution is -2.45. The second-order valence-corrected chi connectivity index (χ2v) is 37.3. The SMILES string of the molecule is CC1=C(CO[Si](C)(C)C(C)(C)C)CC[C@]2(CCCNC(=O)OCC[Si](C)(C)C)C(=O)CC/C=C(\C)[C@@H]3O[C@H](CC[C@H](O[Si](C)(C)C(C)(C)C)/C(C)=C/[C@H]12)C[C@H]3C. The third-order valence-electron chi connectivity index (χ3n) is 14.3. The van der Waals surface area contributed by atoms with E-state index in [1.807, 2.05) is 0 Å². The first kappa shape index (κ1) is 49.1. The molecular weight excluding hydrogens is 747 g/mol. The summed E-state index contributed by atoms with van der Waals surface area (Å²) in [6, 6.07) is 0.943. The van der Waals surface area contributed by atoms with Crippen molar-refractivity contribution in [3.8, 4) is 0 Å². The predicted molar refractivity (Wildman–Crippen MR) is 243 cm³/mol. The van der Waals surface area contributed by atoms with Gasteiger partial charge in [-0.15, -0.1) is 0 Å². The molecule has 2 aliphatic heterocycles. The second-order valence-electron chi connectivity index (χ2n) is 22.1. The molecule has 7 nitrogen and oxygen atoms in total. The summed E-state index contributed by atoms with van der Waals surface area (Å²) in [7, 11) is -5.45. The molecule has 0 saturated carbocycles. The first-order chi connectivity index (χ1) is 25.6. The first-order valence-electron chi connectivity index (χ1n) is 22.0. The second kappa shape index (κ2) is 19.4. The molecule has 0 aromatic heterocycles. The van der Waals surface area contributed by atoms with Crippen LogP contribution in [0.3, 0.4) is 0 Å². The van der Waals surface area contributed by atoms with E-state index in [0.29, 0.717) is 57.1 Å². The Labute approximate surface area is 347 Å². The number of ether oxygens (including phenoxy) is 2. The minimum absolute atomic E-state index is 0.0577. The first-order valence-corrected chi connectivity index (χ1v) is 31.6. The van der Waals surface area contributed by atoms with Gasteiger partial charge < -0.3 is 23.6 Å². The zero-order valence-electron chi connectivity index (χ0n) is 39.2. The number of Topliss-reactive ketones (excluding diaryl/α,β-unsaturated/α-hetero) is 1. The molecule has 3 rings (SSSR count). The largest absolute Gasteiger partial charge is 0.450 e. The van der Waals surface area contributed by atoms with Crippen LogP contribution in [0.1, 0.15) is 127 Å². The van der Waals surface area contributed by atoms with Gasteiger partial charge >= 0.3 is 6.09 Å². The zero-order chi connectivity index (χ0) is 42.5. The van der Waals surface area contributed by atoms with Crippen molar-refractivity contribution >= 4 is 36.6 Å². The van der Waals surface area contributed by atoms with Gasteiger partial charge in [-0.05, 0) is 137 Å². The van der Waals surface area contributed by atoms with Crippen LogP contribution < -0.4 is 5.32 Å². The molecule has 0 aromatic rings. The van der Waals surface area contributed by atoms with E-state index in [2.05, 4.69) is 133 Å². The van der Waals surface area contributed by atoms with Crippen LogP contribution in [0, 0.1) is 17.3 Å². The van der Waals surface area contributed by atoms with Crippen LogP contribution in [0.25, 0.3) is 0 Å². The van der Waals surface area contributed by atoms with Gasteiger partial charge in [0.1, 0.15) is 5.78 Å². The van der Waals surface area contributed by atoms with Crippen molar-refractivity contribution in [2.45, 2.75) is 207 Å². The quantitative estimate of drug-likeness (QED) is 0.120. The topological polar surface area (TPSA) is 83.1 Å². The molecule has 1 fully saturated rings. The van der Waals surface area contributed by atoms with Crippen molar-refractivity contribution in [1.29, 1.82) is 0 Å². The third kappa shape index (κ3) is 13.1. The Kier molecular flexibility index (Phi) is 17.0. The minimum Gasteiger partial charge on any atom is -0.450 e. The van der Waals surface area contributed by atoms with Gasteiger partial charge in [-0.3, -0.25) is 4.79 Å². The number of ketones is 1. The van der Waals surface area contributed by atoms with Crippen LogP contribution in [0.2, 0.25) is 61.9 Å². The van der Waals surface area contributed by atoms with Gasteiger partial charge in [-0.2, -0.15) is 0 Å². The Hall–Kier alpha value is -1.31. The van der Waals surface area contributed by atoms with E-state index in [9.17, 15) is 4.79 Å². The fourth-order valence-corrected chi connectivity index (χ4v) is 11.3. The molecule has 0 spiro atoms. The number of amides is 1. The van der Waals surface area contributed by atoms with Gasteiger partial charge in [0, 0.05) is 32.4 Å². The summed E-state index contributed by atoms with van der Waals surface area (Å²) >= 11 is 0. The standard InChI is InChI=1S/C46H85NO6Si3/c1-33-20-18-21-41(48)46(25-19-27-47-43(49)50-28-29-54(11,12)13)26-24-37(32-51-55(14,15)44(5,6)7)36(4)39(46)31-34(2)40(53-56(16,17)45(8,9)10)23-22-38-30-35(3)42(33)52-38/h20,31,35,38-40,42H,18-19,21-30,32H2,1-17H3,(H,47,49)/b33-20+,34-31+/t35-,38-,39-,40+,42+,46+/m1/s1. The van der Waals surface area contributed by atoms with Gasteiger partial charge in [0.15, 0.2) is 16.6 Å². The maximum absolute atomic E-state index is 15.1. The average Bonchev–Trinajstić information content (AvgIpc) is 3.43. The Morgan fingerprint density at radius 3 is 2.18 bits per heavy atom. The molecule has 10 heteroatoms. The summed E-state index contributed by atoms with van der Waals surface area (Å²) < 4.78 is 26.5. The predicted octanol–water partition coefficient (Wildman–Crippen LogP) is 12.8. The summed E-state index contributed by atoms with van der Waals surface area (Å²) in [5.74, 6) is 0.686. The molecule has 322 valence electrons. The van der Waals surface area contributed by atoms with Crippen LogP contribution in [-0.2, 0) is 23.1 Å². The van der Waals surface area contributed by atoms with E-state index >= 15 is 4.79 Å². The maximum Gasteiger partial charge on any atom is 0.407 e. The fraction of sp³-hybridized carbons (Fsp3) is 0.826. The van der Waals surface area contributed by atoms with Crippen LogP contribution in [0.5, 0.6) is 0 Å². The monoisotopic (exact) mass is 832 g/mol. The van der Waals surface area contributed by atoms with E-state index in [0.717, 1.165) is 38.1 Å². The molecule has 56 heavy (non-hydrogen) atoms. The van der Waals surface area contributed by atoms with E-state index < -0.39 is 30.1 Å². The molecule has 0 radical (unpaired) electrons. The number of fused-ring (bicyclic) bond motifs is 3. The van der Waals surface area contributed by atoms with Gasteiger partial charge in [0.25, 0.3) is 0 Å². The molecule has 0 aromatic carbocycles. The van der Waals surface area contributed by atoms with Crippen LogP contribution >= 0.6 is 0 Å². The van der Waals surface area contributed by atoms with Crippen molar-refractivity contribution in [3.05, 3.63) is 34.4 Å². The average molecular weight is 832 g/mol. The molecule has 1 aliphatic carbocycles. The van der Waals surface area contributed by atoms with Crippen molar-refractivity contribution in [3.63, 3.8) is 0 Å². The lowest BCUT2D eigenvalue weighted by molar-refractivity contribution is -0.131. The molecule has 1 saturated heterocycles. The van der Waals surface area contributed by atoms with E-state index in [-0.39, 0.29) is 40.4 Å². The Morgan fingerprint density at radius 1 is 0.929 bits per heavy atom. The summed E-state index contributed by atoms with van der Waals surface area (Å²) in [4.78, 5) is 27.8. The van der Waals surface area contributed by atoms with E-state index in [1.54, 1.807) is 0 Å². The minimum atomic E-state index is -2.15. The number of nitrogens with one attached hydrogen (secondary N) is 1. The lowest BCUT2D eigenvalue weighted by Gasteiger charge is -2.45. The van der Waals surface area contributed by atoms with Gasteiger partial charge in [0.05, 0.1) is 31.5 Å². The molecule has 0 unspecified atom stereocenters. The van der Waals surface area contributed by atoms with E-state index in [1.165, 1.54) is 22.3 Å². The van der Waals surface area contributed by atoms with Crippen molar-refractivity contribution in [2.75, 3.05) is 19.8 Å². The molecule has 2 bridgehead atoms. The normalized spacial score (nSPS) is 29.7. The van der Waals surface area contributed by atoms with Gasteiger partial charge in [-0.25, -0.2) is 4.79 Å². The molecule has 3 aliphatic rings. The molecule has 1 N–H and O–H groups in total. The summed E-state index contributed by atoms with van der Waals surface area (Å²) in [6.07, 6.45) is 11.7. The Morgan fingerprint density at radius 2 is 1.57 bits per heavy atom. The van der Waals surface area contributed by atoms with Crippen molar-refractivity contribution < 1.29 is 27.9 Å². The van der Waals surface area contributed by atoms with Crippen molar-refractivity contribution in [2.24, 2.45) is 17.3 Å². The molecular formula is C46H85NO6Si3. The number of alkyl carbamates (subject to hydrolysis) is 1. The molecule has 1 amide bonds. The van der Waals surface area contributed by atoms with Crippen molar-refractivity contribution in [1.82, 2.24) is 5.32 Å². The molecule has 6 atom stereocenters. The smallest absolute Gasteiger partial charge is 0.407 e. The van der Waals surface area contributed by atoms with E-state index in [4.69, 9.17) is 18.3 Å². The van der Waals surface area contributed by atoms with Gasteiger partial charge in [-0.1, -0.05) is 85.8 Å². The highest BCUT2D eigenvalue weighted by Crippen LogP contribution is 2.51. The number of rotatable bonds is 12. The Balaban J connectivity index is 2.12. The van der Waals surface area contributed by atoms with Crippen LogP contribution in [0.15, 0.2) is 34.4 Å². The highest BCUT2D eigenvalue weighted by atomic mass is 28.4. The Bertz CT molecular complexity index is 1450. The highest BCUT2D eigenvalue weighted by Gasteiger charge is 2.48.